The summed E-state index contributed by atoms with van der Waals surface area (Å²) < 4.78 is 93.5. The number of amides is 1. The number of anilines is 1. The molecular formula is C19H17F7N2O3. The maximum absolute atomic E-state index is 13.1. The van der Waals surface area contributed by atoms with E-state index in [4.69, 9.17) is 5.73 Å². The Morgan fingerprint density at radius 3 is 2.29 bits per heavy atom. The lowest BCUT2D eigenvalue weighted by Gasteiger charge is -2.29. The number of halogens is 7. The van der Waals surface area contributed by atoms with Crippen molar-refractivity contribution in [3.63, 3.8) is 0 Å². The van der Waals surface area contributed by atoms with E-state index in [-0.39, 0.29) is 23.4 Å². The number of nitrogens with two attached hydrogens (primary N) is 1. The van der Waals surface area contributed by atoms with E-state index in [9.17, 15) is 40.6 Å². The Morgan fingerprint density at radius 1 is 1.06 bits per heavy atom. The lowest BCUT2D eigenvalue weighted by molar-refractivity contribution is -0.253. The van der Waals surface area contributed by atoms with Crippen molar-refractivity contribution in [1.82, 2.24) is 0 Å². The summed E-state index contributed by atoms with van der Waals surface area (Å²) in [5.74, 6) is -1.48. The predicted octanol–water partition coefficient (Wildman–Crippen LogP) is 3.95. The smallest absolute Gasteiger partial charge is 0.428 e. The van der Waals surface area contributed by atoms with E-state index in [0.29, 0.717) is 0 Å². The normalized spacial score (nSPS) is 13.2. The van der Waals surface area contributed by atoms with Crippen molar-refractivity contribution >= 4 is 11.6 Å². The molecule has 2 aromatic carbocycles. The highest BCUT2D eigenvalue weighted by Gasteiger charge is 2.44. The van der Waals surface area contributed by atoms with Crippen LogP contribution in [0.3, 0.4) is 0 Å². The summed E-state index contributed by atoms with van der Waals surface area (Å²) >= 11 is 0. The van der Waals surface area contributed by atoms with Gasteiger partial charge in [0.25, 0.3) is 0 Å². The first-order chi connectivity index (χ1) is 14.3. The summed E-state index contributed by atoms with van der Waals surface area (Å²) in [5, 5.41) is 9.48. The minimum absolute atomic E-state index is 0.0161. The van der Waals surface area contributed by atoms with Crippen LogP contribution in [0.25, 0.3) is 0 Å². The third-order valence-electron chi connectivity index (χ3n) is 4.05. The molecule has 2 rings (SSSR count). The van der Waals surface area contributed by atoms with Gasteiger partial charge in [0.15, 0.2) is 6.10 Å². The Kier molecular flexibility index (Phi) is 7.37. The largest absolute Gasteiger partial charge is 0.461 e. The van der Waals surface area contributed by atoms with Crippen LogP contribution in [-0.4, -0.2) is 42.4 Å². The second-order valence-electron chi connectivity index (χ2n) is 6.46. The van der Waals surface area contributed by atoms with Gasteiger partial charge in [-0.05, 0) is 35.9 Å². The molecule has 0 fully saturated rings. The van der Waals surface area contributed by atoms with Gasteiger partial charge in [-0.15, -0.1) is 0 Å². The van der Waals surface area contributed by atoms with Crippen molar-refractivity contribution in [2.45, 2.75) is 31.4 Å². The van der Waals surface area contributed by atoms with Crippen LogP contribution < -0.4 is 15.4 Å². The monoisotopic (exact) mass is 454 g/mol. The number of aliphatic hydroxyl groups excluding tert-OH is 1. The average Bonchev–Trinajstić information content (AvgIpc) is 2.66. The molecule has 0 spiro atoms. The molecule has 0 aliphatic carbocycles. The number of nitrogens with zero attached hydrogens (tertiary/aromatic N) is 1. The molecule has 0 heterocycles. The molecule has 2 aromatic rings. The molecule has 170 valence electrons. The molecule has 0 aliphatic heterocycles. The molecule has 0 radical (unpaired) electrons. The minimum atomic E-state index is -4.95. The van der Waals surface area contributed by atoms with Gasteiger partial charge >= 0.3 is 18.7 Å². The maximum Gasteiger partial charge on any atom is 0.461 e. The van der Waals surface area contributed by atoms with E-state index in [1.165, 1.54) is 36.4 Å². The molecule has 0 saturated heterocycles. The number of primary amides is 1. The van der Waals surface area contributed by atoms with Gasteiger partial charge in [0, 0.05) is 17.8 Å². The molecule has 5 nitrogen and oxygen atoms in total. The first-order valence-corrected chi connectivity index (χ1v) is 8.63. The van der Waals surface area contributed by atoms with Gasteiger partial charge < -0.3 is 20.5 Å². The number of hydrogen-bond donors (Lipinski definition) is 2. The lowest BCUT2D eigenvalue weighted by Crippen LogP contribution is -2.41. The van der Waals surface area contributed by atoms with Crippen LogP contribution in [0.2, 0.25) is 0 Å². The highest BCUT2D eigenvalue weighted by atomic mass is 19.4. The second-order valence-corrected chi connectivity index (χ2v) is 6.46. The van der Waals surface area contributed by atoms with Gasteiger partial charge in [-0.1, -0.05) is 18.2 Å². The molecule has 1 amide bonds. The predicted molar refractivity (Wildman–Crippen MR) is 96.1 cm³/mol. The van der Waals surface area contributed by atoms with Crippen LogP contribution in [0.15, 0.2) is 48.5 Å². The number of carbonyl (C=O) groups excluding carboxylic acids is 1. The van der Waals surface area contributed by atoms with E-state index < -0.39 is 43.0 Å². The van der Waals surface area contributed by atoms with Crippen LogP contribution in [0, 0.1) is 0 Å². The Hall–Kier alpha value is -3.02. The van der Waals surface area contributed by atoms with E-state index in [1.54, 1.807) is 0 Å². The topological polar surface area (TPSA) is 75.8 Å². The molecule has 0 saturated carbocycles. The molecule has 0 aromatic heterocycles. The SMILES string of the molecule is NC(=O)c1cccc(N(Cc2cccc(OC(F)(F)C(F)F)c2)CC(O)C(F)(F)F)c1. The number of hydrogen-bond acceptors (Lipinski definition) is 4. The lowest BCUT2D eigenvalue weighted by atomic mass is 10.1. The van der Waals surface area contributed by atoms with Crippen LogP contribution in [0.1, 0.15) is 15.9 Å². The third-order valence-corrected chi connectivity index (χ3v) is 4.05. The number of ether oxygens (including phenoxy) is 1. The standard InChI is InChI=1S/C19H17F7N2O3/c20-17(21)19(25,26)31-14-6-1-3-11(7-14)9-28(10-15(29)18(22,23)24)13-5-2-4-12(8-13)16(27)30/h1-8,15,17,29H,9-10H2,(H2,27,30). The van der Waals surface area contributed by atoms with Crippen molar-refractivity contribution in [2.75, 3.05) is 11.4 Å². The van der Waals surface area contributed by atoms with E-state index >= 15 is 0 Å². The summed E-state index contributed by atoms with van der Waals surface area (Å²) in [6.07, 6.45) is -16.6. The first-order valence-electron chi connectivity index (χ1n) is 8.63. The van der Waals surface area contributed by atoms with Gasteiger partial charge in [0.2, 0.25) is 5.91 Å². The van der Waals surface area contributed by atoms with Crippen LogP contribution in [0.4, 0.5) is 36.4 Å². The van der Waals surface area contributed by atoms with Gasteiger partial charge in [-0.3, -0.25) is 4.79 Å². The fourth-order valence-electron chi connectivity index (χ4n) is 2.56. The zero-order valence-corrected chi connectivity index (χ0v) is 15.6. The number of benzene rings is 2. The van der Waals surface area contributed by atoms with Gasteiger partial charge in [-0.25, -0.2) is 0 Å². The van der Waals surface area contributed by atoms with Crippen molar-refractivity contribution in [2.24, 2.45) is 5.73 Å². The maximum atomic E-state index is 13.1. The van der Waals surface area contributed by atoms with Gasteiger partial charge in [0.1, 0.15) is 5.75 Å². The molecule has 3 N–H and O–H groups in total. The average molecular weight is 454 g/mol. The van der Waals surface area contributed by atoms with Gasteiger partial charge in [0.05, 0.1) is 6.54 Å². The minimum Gasteiger partial charge on any atom is -0.428 e. The summed E-state index contributed by atoms with van der Waals surface area (Å²) in [5.41, 5.74) is 5.34. The summed E-state index contributed by atoms with van der Waals surface area (Å²) in [4.78, 5) is 12.4. The quantitative estimate of drug-likeness (QED) is 0.563. The Bertz CT molecular complexity index is 906. The highest BCUT2D eigenvalue weighted by molar-refractivity contribution is 5.93. The Morgan fingerprint density at radius 2 is 1.71 bits per heavy atom. The number of rotatable bonds is 9. The molecule has 1 unspecified atom stereocenters. The third kappa shape index (κ3) is 6.74. The molecule has 1 atom stereocenters. The number of carbonyl (C=O) groups is 1. The van der Waals surface area contributed by atoms with Gasteiger partial charge in [-0.2, -0.15) is 30.7 Å². The van der Waals surface area contributed by atoms with E-state index in [2.05, 4.69) is 4.74 Å². The Balaban J connectivity index is 2.34. The number of alkyl halides is 7. The van der Waals surface area contributed by atoms with Crippen LogP contribution >= 0.6 is 0 Å². The van der Waals surface area contributed by atoms with E-state index in [1.807, 2.05) is 0 Å². The van der Waals surface area contributed by atoms with Crippen LogP contribution in [-0.2, 0) is 6.54 Å². The highest BCUT2D eigenvalue weighted by Crippen LogP contribution is 2.29. The zero-order valence-electron chi connectivity index (χ0n) is 15.6. The van der Waals surface area contributed by atoms with Crippen molar-refractivity contribution in [1.29, 1.82) is 0 Å². The Labute approximate surface area is 171 Å². The second kappa shape index (κ2) is 9.41. The summed E-state index contributed by atoms with van der Waals surface area (Å²) in [7, 11) is 0. The van der Waals surface area contributed by atoms with Crippen molar-refractivity contribution in [3.05, 3.63) is 59.7 Å². The first kappa shape index (κ1) is 24.3. The fraction of sp³-hybridized carbons (Fsp3) is 0.316. The molecule has 0 bridgehead atoms. The van der Waals surface area contributed by atoms with Crippen LogP contribution in [0.5, 0.6) is 5.75 Å². The molecule has 31 heavy (non-hydrogen) atoms. The summed E-state index contributed by atoms with van der Waals surface area (Å²) in [6, 6.07) is 9.65. The summed E-state index contributed by atoms with van der Waals surface area (Å²) in [6.45, 7) is -1.34. The van der Waals surface area contributed by atoms with E-state index in [0.717, 1.165) is 17.0 Å². The zero-order chi connectivity index (χ0) is 23.4. The molecule has 0 aliphatic rings. The fourth-order valence-corrected chi connectivity index (χ4v) is 2.56. The number of aliphatic hydroxyl groups is 1. The van der Waals surface area contributed by atoms with Crippen molar-refractivity contribution < 1.29 is 45.4 Å². The van der Waals surface area contributed by atoms with Crippen molar-refractivity contribution in [3.8, 4) is 5.75 Å². The molecule has 12 heteroatoms. The molecular weight excluding hydrogens is 437 g/mol.